The largest absolute Gasteiger partial charge is 0.394 e. The van der Waals surface area contributed by atoms with Gasteiger partial charge in [0.2, 0.25) is 0 Å². The summed E-state index contributed by atoms with van der Waals surface area (Å²) in [5.41, 5.74) is 1.77. The lowest BCUT2D eigenvalue weighted by Crippen LogP contribution is -2.27. The summed E-state index contributed by atoms with van der Waals surface area (Å²) in [6, 6.07) is 7.36. The molecule has 2 atom stereocenters. The molecule has 0 saturated heterocycles. The molecular formula is C13H17N2O3S+. The van der Waals surface area contributed by atoms with Gasteiger partial charge in [0.1, 0.15) is 5.75 Å². The standard InChI is InChI=1S/C13H17N2O3S/c1-9-11-4-2-3-5-12(11)14-13(15(9)18)8-19-7-10(17)6-16/h2-5,9-10,16-17H,6-8H2,1H3/q+1. The Balaban J connectivity index is 2.09. The first kappa shape index (κ1) is 14.2. The van der Waals surface area contributed by atoms with Crippen molar-refractivity contribution in [2.24, 2.45) is 4.99 Å². The number of aliphatic imine (C=N–C) groups is 1. The first-order valence-corrected chi connectivity index (χ1v) is 7.28. The van der Waals surface area contributed by atoms with Crippen molar-refractivity contribution in [3.63, 3.8) is 0 Å². The topological polar surface area (TPSA) is 72.9 Å². The molecule has 1 aromatic rings. The Labute approximate surface area is 115 Å². The number of nitrogens with zero attached hydrogens (tertiary/aromatic N) is 2. The third-order valence-corrected chi connectivity index (χ3v) is 4.08. The number of benzene rings is 1. The molecule has 5 nitrogen and oxygen atoms in total. The molecule has 0 fully saturated rings. The number of aliphatic hydroxyl groups excluding tert-OH is 2. The zero-order chi connectivity index (χ0) is 13.8. The van der Waals surface area contributed by atoms with Crippen molar-refractivity contribution in [1.82, 2.24) is 0 Å². The second-order valence-corrected chi connectivity index (χ2v) is 5.47. The monoisotopic (exact) mass is 281 g/mol. The van der Waals surface area contributed by atoms with Crippen LogP contribution in [0.3, 0.4) is 0 Å². The number of amidine groups is 1. The van der Waals surface area contributed by atoms with Gasteiger partial charge in [0, 0.05) is 5.75 Å². The van der Waals surface area contributed by atoms with Gasteiger partial charge in [-0.3, -0.25) is 0 Å². The molecule has 2 rings (SSSR count). The van der Waals surface area contributed by atoms with E-state index in [1.807, 2.05) is 31.2 Å². The molecule has 0 aliphatic carbocycles. The van der Waals surface area contributed by atoms with Crippen LogP contribution in [0.4, 0.5) is 5.69 Å². The number of hydrogen-bond acceptors (Lipinski definition) is 5. The lowest BCUT2D eigenvalue weighted by atomic mass is 10.0. The van der Waals surface area contributed by atoms with E-state index in [1.54, 1.807) is 0 Å². The number of nitroso groups, excluding NO2 is 1. The summed E-state index contributed by atoms with van der Waals surface area (Å²) in [6.07, 6.45) is -0.751. The predicted molar refractivity (Wildman–Crippen MR) is 76.0 cm³/mol. The van der Waals surface area contributed by atoms with E-state index < -0.39 is 6.10 Å². The maximum Gasteiger partial charge on any atom is 0.347 e. The van der Waals surface area contributed by atoms with Gasteiger partial charge in [-0.05, 0) is 22.7 Å². The van der Waals surface area contributed by atoms with Crippen molar-refractivity contribution >= 4 is 23.3 Å². The molecule has 0 radical (unpaired) electrons. The summed E-state index contributed by atoms with van der Waals surface area (Å²) in [6.45, 7) is 1.59. The van der Waals surface area contributed by atoms with Crippen LogP contribution in [0.2, 0.25) is 0 Å². The van der Waals surface area contributed by atoms with Crippen molar-refractivity contribution in [2.75, 3.05) is 18.1 Å². The van der Waals surface area contributed by atoms with E-state index in [0.29, 0.717) is 17.3 Å². The smallest absolute Gasteiger partial charge is 0.347 e. The Morgan fingerprint density at radius 2 is 2.21 bits per heavy atom. The van der Waals surface area contributed by atoms with Crippen LogP contribution in [0.25, 0.3) is 0 Å². The highest BCUT2D eigenvalue weighted by molar-refractivity contribution is 7.99. The SMILES string of the molecule is CC1c2ccccc2N=C(CSCC(O)CO)[N+]1=O. The van der Waals surface area contributed by atoms with Crippen molar-refractivity contribution in [2.45, 2.75) is 19.1 Å². The van der Waals surface area contributed by atoms with Gasteiger partial charge in [-0.15, -0.1) is 11.8 Å². The molecule has 1 aliphatic rings. The fourth-order valence-corrected chi connectivity index (χ4v) is 2.79. The van der Waals surface area contributed by atoms with Gasteiger partial charge in [0.15, 0.2) is 11.7 Å². The van der Waals surface area contributed by atoms with E-state index in [4.69, 9.17) is 5.11 Å². The van der Waals surface area contributed by atoms with Crippen LogP contribution in [0.1, 0.15) is 18.5 Å². The van der Waals surface area contributed by atoms with Crippen LogP contribution in [0, 0.1) is 4.91 Å². The Morgan fingerprint density at radius 3 is 2.95 bits per heavy atom. The van der Waals surface area contributed by atoms with Gasteiger partial charge in [0.25, 0.3) is 0 Å². The molecule has 102 valence electrons. The fraction of sp³-hybridized carbons (Fsp3) is 0.462. The van der Waals surface area contributed by atoms with Crippen LogP contribution < -0.4 is 0 Å². The summed E-state index contributed by atoms with van der Waals surface area (Å²) < 4.78 is 0.917. The minimum Gasteiger partial charge on any atom is -0.394 e. The minimum absolute atomic E-state index is 0.243. The summed E-state index contributed by atoms with van der Waals surface area (Å²) in [5, 5.41) is 18.0. The molecule has 2 unspecified atom stereocenters. The molecule has 0 aromatic heterocycles. The van der Waals surface area contributed by atoms with Crippen molar-refractivity contribution < 1.29 is 15.0 Å². The Bertz CT molecular complexity index is 504. The molecule has 2 N–H and O–H groups in total. The highest BCUT2D eigenvalue weighted by Crippen LogP contribution is 2.32. The molecular weight excluding hydrogens is 264 g/mol. The lowest BCUT2D eigenvalue weighted by molar-refractivity contribution is -0.480. The summed E-state index contributed by atoms with van der Waals surface area (Å²) in [7, 11) is 0. The zero-order valence-electron chi connectivity index (χ0n) is 10.7. The van der Waals surface area contributed by atoms with Crippen LogP contribution >= 0.6 is 11.8 Å². The first-order valence-electron chi connectivity index (χ1n) is 6.13. The molecule has 6 heteroatoms. The number of aliphatic hydroxyl groups is 2. The van der Waals surface area contributed by atoms with Gasteiger partial charge >= 0.3 is 5.84 Å². The van der Waals surface area contributed by atoms with Crippen LogP contribution in [-0.2, 0) is 0 Å². The maximum absolute atomic E-state index is 12.1. The predicted octanol–water partition coefficient (Wildman–Crippen LogP) is 1.66. The Kier molecular flexibility index (Phi) is 4.68. The van der Waals surface area contributed by atoms with E-state index in [-0.39, 0.29) is 12.6 Å². The number of para-hydroxylation sites is 1. The molecule has 0 bridgehead atoms. The number of thioether (sulfide) groups is 1. The summed E-state index contributed by atoms with van der Waals surface area (Å²) in [5.74, 6) is 1.28. The lowest BCUT2D eigenvalue weighted by Gasteiger charge is -2.14. The van der Waals surface area contributed by atoms with Crippen molar-refractivity contribution in [1.29, 1.82) is 0 Å². The summed E-state index contributed by atoms with van der Waals surface area (Å²) >= 11 is 1.39. The molecule has 0 spiro atoms. The third-order valence-electron chi connectivity index (χ3n) is 2.99. The van der Waals surface area contributed by atoms with E-state index in [1.165, 1.54) is 11.8 Å². The fourth-order valence-electron chi connectivity index (χ4n) is 1.92. The van der Waals surface area contributed by atoms with Crippen LogP contribution in [0.5, 0.6) is 0 Å². The van der Waals surface area contributed by atoms with Crippen LogP contribution in [0.15, 0.2) is 29.3 Å². The Hall–Kier alpha value is -1.24. The maximum atomic E-state index is 12.1. The van der Waals surface area contributed by atoms with Gasteiger partial charge in [-0.25, -0.2) is 0 Å². The second-order valence-electron chi connectivity index (χ2n) is 4.44. The van der Waals surface area contributed by atoms with E-state index in [9.17, 15) is 10.0 Å². The normalized spacial score (nSPS) is 19.8. The minimum atomic E-state index is -0.751. The molecule has 0 saturated carbocycles. The summed E-state index contributed by atoms with van der Waals surface area (Å²) in [4.78, 5) is 16.5. The highest BCUT2D eigenvalue weighted by atomic mass is 32.2. The first-order chi connectivity index (χ1) is 9.13. The number of fused-ring (bicyclic) bond motifs is 1. The third kappa shape index (κ3) is 3.20. The van der Waals surface area contributed by atoms with Gasteiger partial charge in [0.05, 0.1) is 18.3 Å². The van der Waals surface area contributed by atoms with Crippen molar-refractivity contribution in [3.8, 4) is 0 Å². The van der Waals surface area contributed by atoms with Gasteiger partial charge < -0.3 is 10.2 Å². The zero-order valence-corrected chi connectivity index (χ0v) is 11.5. The number of hydrogen-bond donors (Lipinski definition) is 2. The molecule has 0 amide bonds. The number of rotatable bonds is 5. The average Bonchev–Trinajstić information content (AvgIpc) is 2.44. The quantitative estimate of drug-likeness (QED) is 0.805. The van der Waals surface area contributed by atoms with E-state index in [2.05, 4.69) is 4.99 Å². The highest BCUT2D eigenvalue weighted by Gasteiger charge is 2.34. The molecule has 1 aromatic carbocycles. The average molecular weight is 281 g/mol. The van der Waals surface area contributed by atoms with E-state index >= 15 is 0 Å². The molecule has 1 aliphatic heterocycles. The van der Waals surface area contributed by atoms with E-state index in [0.717, 1.165) is 16.0 Å². The van der Waals surface area contributed by atoms with Gasteiger partial charge in [-0.1, -0.05) is 23.1 Å². The Morgan fingerprint density at radius 1 is 1.47 bits per heavy atom. The van der Waals surface area contributed by atoms with Crippen molar-refractivity contribution in [3.05, 3.63) is 34.7 Å². The molecule has 19 heavy (non-hydrogen) atoms. The molecule has 1 heterocycles. The van der Waals surface area contributed by atoms with Gasteiger partial charge in [-0.2, -0.15) is 0 Å². The van der Waals surface area contributed by atoms with Crippen LogP contribution in [-0.4, -0.2) is 45.0 Å². The second kappa shape index (κ2) is 6.27.